The van der Waals surface area contributed by atoms with E-state index < -0.39 is 23.9 Å². The number of carbonyl (C=O) groups is 3. The summed E-state index contributed by atoms with van der Waals surface area (Å²) < 4.78 is 4.85. The molecule has 0 aliphatic heterocycles. The first-order valence-corrected chi connectivity index (χ1v) is 5.95. The van der Waals surface area contributed by atoms with E-state index in [2.05, 4.69) is 10.6 Å². The zero-order valence-electron chi connectivity index (χ0n) is 11.1. The Kier molecular flexibility index (Phi) is 8.27. The number of hydrogen-bond acceptors (Lipinski definition) is 4. The topological polar surface area (TPSA) is 131 Å². The van der Waals surface area contributed by atoms with Crippen LogP contribution in [0.5, 0.6) is 0 Å². The van der Waals surface area contributed by atoms with Crippen LogP contribution < -0.4 is 16.4 Å². The molecule has 0 radical (unpaired) electrons. The van der Waals surface area contributed by atoms with Crippen LogP contribution in [0.1, 0.15) is 20.3 Å². The van der Waals surface area contributed by atoms with Crippen LogP contribution in [0, 0.1) is 5.92 Å². The molecule has 110 valence electrons. The van der Waals surface area contributed by atoms with E-state index in [4.69, 9.17) is 15.6 Å². The normalized spacial score (nSPS) is 11.9. The van der Waals surface area contributed by atoms with Gasteiger partial charge >= 0.3 is 12.0 Å². The lowest BCUT2D eigenvalue weighted by molar-refractivity contribution is -0.137. The van der Waals surface area contributed by atoms with Crippen molar-refractivity contribution in [3.63, 3.8) is 0 Å². The van der Waals surface area contributed by atoms with Gasteiger partial charge in [0.25, 0.3) is 0 Å². The summed E-state index contributed by atoms with van der Waals surface area (Å²) in [5, 5.41) is 13.8. The summed E-state index contributed by atoms with van der Waals surface area (Å²) >= 11 is 0. The summed E-state index contributed by atoms with van der Waals surface area (Å²) in [6, 6.07) is -0.910. The monoisotopic (exact) mass is 275 g/mol. The molecule has 3 amide bonds. The average molecular weight is 275 g/mol. The second kappa shape index (κ2) is 9.15. The molecule has 5 N–H and O–H groups in total. The third-order valence-electron chi connectivity index (χ3n) is 2.29. The zero-order chi connectivity index (χ0) is 14.8. The highest BCUT2D eigenvalue weighted by molar-refractivity contribution is 5.76. The Morgan fingerprint density at radius 2 is 1.95 bits per heavy atom. The van der Waals surface area contributed by atoms with E-state index in [-0.39, 0.29) is 32.1 Å². The van der Waals surface area contributed by atoms with Crippen LogP contribution in [0.15, 0.2) is 0 Å². The summed E-state index contributed by atoms with van der Waals surface area (Å²) in [5.74, 6) is -1.54. The fraction of sp³-hybridized carbons (Fsp3) is 0.727. The lowest BCUT2D eigenvalue weighted by Crippen LogP contribution is -2.46. The molecule has 0 bridgehead atoms. The molecule has 0 heterocycles. The lowest BCUT2D eigenvalue weighted by Gasteiger charge is -2.20. The van der Waals surface area contributed by atoms with Crippen LogP contribution >= 0.6 is 0 Å². The summed E-state index contributed by atoms with van der Waals surface area (Å²) in [6.07, 6.45) is -0.136. The van der Waals surface area contributed by atoms with Crippen molar-refractivity contribution >= 4 is 17.9 Å². The van der Waals surface area contributed by atoms with E-state index in [1.165, 1.54) is 0 Å². The van der Waals surface area contributed by atoms with Crippen LogP contribution in [0.3, 0.4) is 0 Å². The highest BCUT2D eigenvalue weighted by Gasteiger charge is 2.18. The summed E-state index contributed by atoms with van der Waals surface area (Å²) in [4.78, 5) is 32.5. The first kappa shape index (κ1) is 17.2. The molecule has 0 rings (SSSR count). The van der Waals surface area contributed by atoms with Crippen molar-refractivity contribution in [3.8, 4) is 0 Å². The Balaban J connectivity index is 3.87. The Labute approximate surface area is 111 Å². The van der Waals surface area contributed by atoms with Gasteiger partial charge in [-0.15, -0.1) is 0 Å². The Bertz CT molecular complexity index is 319. The van der Waals surface area contributed by atoms with E-state index >= 15 is 0 Å². The molecular formula is C11H21N3O5. The van der Waals surface area contributed by atoms with Gasteiger partial charge in [-0.25, -0.2) is 4.79 Å². The molecule has 0 fully saturated rings. The summed E-state index contributed by atoms with van der Waals surface area (Å²) in [6.45, 7) is 3.81. The van der Waals surface area contributed by atoms with E-state index in [0.29, 0.717) is 0 Å². The molecule has 0 aromatic carbocycles. The molecule has 0 aromatic rings. The van der Waals surface area contributed by atoms with Crippen molar-refractivity contribution in [1.29, 1.82) is 0 Å². The van der Waals surface area contributed by atoms with Crippen molar-refractivity contribution in [1.82, 2.24) is 10.6 Å². The van der Waals surface area contributed by atoms with Gasteiger partial charge < -0.3 is 26.2 Å². The molecule has 1 unspecified atom stereocenters. The maximum Gasteiger partial charge on any atom is 0.315 e. The Hall–Kier alpha value is -1.83. The predicted octanol–water partition coefficient (Wildman–Crippen LogP) is -0.713. The van der Waals surface area contributed by atoms with Crippen LogP contribution in [-0.4, -0.2) is 48.8 Å². The number of rotatable bonds is 9. The highest BCUT2D eigenvalue weighted by atomic mass is 16.5. The Morgan fingerprint density at radius 3 is 2.42 bits per heavy atom. The maximum absolute atomic E-state index is 11.5. The molecule has 1 atom stereocenters. The quantitative estimate of drug-likeness (QED) is 0.413. The van der Waals surface area contributed by atoms with E-state index in [1.54, 1.807) is 0 Å². The molecule has 19 heavy (non-hydrogen) atoms. The molecule has 0 spiro atoms. The molecule has 0 aromatic heterocycles. The number of carboxylic acid groups (broad SMARTS) is 1. The van der Waals surface area contributed by atoms with Gasteiger partial charge in [-0.3, -0.25) is 9.59 Å². The first-order valence-electron chi connectivity index (χ1n) is 5.95. The molecule has 0 aliphatic rings. The van der Waals surface area contributed by atoms with Gasteiger partial charge in [0.05, 0.1) is 13.0 Å². The third kappa shape index (κ3) is 9.83. The minimum absolute atomic E-state index is 0.00737. The van der Waals surface area contributed by atoms with Crippen molar-refractivity contribution in [2.24, 2.45) is 11.7 Å². The minimum Gasteiger partial charge on any atom is -0.481 e. The van der Waals surface area contributed by atoms with Crippen molar-refractivity contribution in [2.75, 3.05) is 19.8 Å². The average Bonchev–Trinajstić information content (AvgIpc) is 2.26. The van der Waals surface area contributed by atoms with E-state index in [0.717, 1.165) is 0 Å². The van der Waals surface area contributed by atoms with Crippen LogP contribution in [-0.2, 0) is 14.3 Å². The molecule has 8 heteroatoms. The minimum atomic E-state index is -0.969. The standard InChI is InChI=1S/C11H21N3O5/c1-7(2)8(5-10(16)17)14-11(18)13-3-4-19-6-9(12)15/h7-8H,3-6H2,1-2H3,(H2,12,15)(H,16,17)(H2,13,14,18). The van der Waals surface area contributed by atoms with Crippen molar-refractivity contribution in [2.45, 2.75) is 26.3 Å². The second-order valence-electron chi connectivity index (χ2n) is 4.37. The number of ether oxygens (including phenoxy) is 1. The largest absolute Gasteiger partial charge is 0.481 e. The predicted molar refractivity (Wildman–Crippen MR) is 67.4 cm³/mol. The molecule has 0 saturated carbocycles. The number of carboxylic acids is 1. The number of amides is 3. The number of nitrogens with two attached hydrogens (primary N) is 1. The Morgan fingerprint density at radius 1 is 1.32 bits per heavy atom. The number of urea groups is 1. The van der Waals surface area contributed by atoms with Gasteiger partial charge in [0, 0.05) is 12.6 Å². The first-order chi connectivity index (χ1) is 8.82. The van der Waals surface area contributed by atoms with E-state index in [1.807, 2.05) is 13.8 Å². The third-order valence-corrected chi connectivity index (χ3v) is 2.29. The fourth-order valence-electron chi connectivity index (χ4n) is 1.27. The van der Waals surface area contributed by atoms with Gasteiger partial charge in [-0.05, 0) is 5.92 Å². The molecule has 0 saturated heterocycles. The van der Waals surface area contributed by atoms with Gasteiger partial charge in [-0.1, -0.05) is 13.8 Å². The van der Waals surface area contributed by atoms with Gasteiger partial charge in [-0.2, -0.15) is 0 Å². The highest BCUT2D eigenvalue weighted by Crippen LogP contribution is 2.05. The number of nitrogens with one attached hydrogen (secondary N) is 2. The van der Waals surface area contributed by atoms with Crippen LogP contribution in [0.4, 0.5) is 4.79 Å². The van der Waals surface area contributed by atoms with E-state index in [9.17, 15) is 14.4 Å². The van der Waals surface area contributed by atoms with Crippen molar-refractivity contribution in [3.05, 3.63) is 0 Å². The number of hydrogen-bond donors (Lipinski definition) is 4. The molecule has 8 nitrogen and oxygen atoms in total. The maximum atomic E-state index is 11.5. The lowest BCUT2D eigenvalue weighted by atomic mass is 10.0. The summed E-state index contributed by atoms with van der Waals surface area (Å²) in [5.41, 5.74) is 4.86. The number of primary amides is 1. The SMILES string of the molecule is CC(C)C(CC(=O)O)NC(=O)NCCOCC(N)=O. The van der Waals surface area contributed by atoms with Crippen molar-refractivity contribution < 1.29 is 24.2 Å². The van der Waals surface area contributed by atoms with Crippen LogP contribution in [0.2, 0.25) is 0 Å². The summed E-state index contributed by atoms with van der Waals surface area (Å²) in [7, 11) is 0. The smallest absolute Gasteiger partial charge is 0.315 e. The van der Waals surface area contributed by atoms with Gasteiger partial charge in [0.1, 0.15) is 6.61 Å². The fourth-order valence-corrected chi connectivity index (χ4v) is 1.27. The zero-order valence-corrected chi connectivity index (χ0v) is 11.1. The molecule has 0 aliphatic carbocycles. The van der Waals surface area contributed by atoms with Gasteiger partial charge in [0.2, 0.25) is 5.91 Å². The van der Waals surface area contributed by atoms with Crippen LogP contribution in [0.25, 0.3) is 0 Å². The second-order valence-corrected chi connectivity index (χ2v) is 4.37. The number of carbonyl (C=O) groups excluding carboxylic acids is 2. The number of aliphatic carboxylic acids is 1. The van der Waals surface area contributed by atoms with Gasteiger partial charge in [0.15, 0.2) is 0 Å². The molecular weight excluding hydrogens is 254 g/mol.